The standard InChI is InChI=1S/C36H54IN5O7S/c1-34(2,3)29(40-33(47)41-36(17-10-7-11-18-36)22-50(48,49)21-24-12-8-6-9-13-24)32(46)42-19-16-25(35(4,5)37)27(42)31(45)39-26(20-23-14-15-23)28(43)30(38)44/h6,8-9,12-13,23,25-27,29H,7,10-11,14-22H2,1-5H3,(H2,38,44)(H,39,45)(H2,40,41,47)/t25?,26?,27?,29-/m1/s1. The Morgan fingerprint density at radius 3 is 2.12 bits per heavy atom. The van der Waals surface area contributed by atoms with Crippen LogP contribution in [0.4, 0.5) is 4.79 Å². The lowest BCUT2D eigenvalue weighted by Crippen LogP contribution is -2.64. The molecule has 3 fully saturated rings. The summed E-state index contributed by atoms with van der Waals surface area (Å²) in [6, 6.07) is 5.21. The highest BCUT2D eigenvalue weighted by atomic mass is 127. The zero-order valence-corrected chi connectivity index (χ0v) is 32.9. The molecule has 3 aliphatic rings. The van der Waals surface area contributed by atoms with Gasteiger partial charge < -0.3 is 26.6 Å². The molecule has 0 radical (unpaired) electrons. The molecule has 4 atom stereocenters. The number of amides is 5. The minimum atomic E-state index is -3.60. The van der Waals surface area contributed by atoms with Gasteiger partial charge in [-0.2, -0.15) is 0 Å². The Kier molecular flexibility index (Phi) is 12.7. The second-order valence-corrected chi connectivity index (χ2v) is 21.0. The number of hydrogen-bond donors (Lipinski definition) is 4. The van der Waals surface area contributed by atoms with Gasteiger partial charge >= 0.3 is 6.03 Å². The molecule has 5 amide bonds. The predicted octanol–water partition coefficient (Wildman–Crippen LogP) is 3.79. The number of nitrogens with two attached hydrogens (primary N) is 1. The molecule has 2 saturated carbocycles. The smallest absolute Gasteiger partial charge is 0.315 e. The number of nitrogens with zero attached hydrogens (tertiary/aromatic N) is 1. The zero-order chi connectivity index (χ0) is 37.1. The van der Waals surface area contributed by atoms with Crippen molar-refractivity contribution < 1.29 is 32.4 Å². The number of nitrogens with one attached hydrogen (secondary N) is 3. The number of Topliss-reactive ketones (excluding diaryl/α,β-unsaturated/α-hetero) is 1. The SMILES string of the molecule is CC(C)(I)C1CCN(C(=O)[C@@H](NC(=O)NC2(CS(=O)(=O)Cc3ccccc3)CCCCC2)C(C)(C)C)C1C(=O)NC(CC1CC1)C(=O)C(N)=O. The predicted molar refractivity (Wildman–Crippen MR) is 200 cm³/mol. The van der Waals surface area contributed by atoms with Crippen LogP contribution in [0.25, 0.3) is 0 Å². The number of primary amides is 1. The second-order valence-electron chi connectivity index (χ2n) is 16.2. The number of carbonyl (C=O) groups is 5. The fourth-order valence-corrected chi connectivity index (χ4v) is 10.1. The number of ketones is 1. The van der Waals surface area contributed by atoms with E-state index in [2.05, 4.69) is 38.5 Å². The van der Waals surface area contributed by atoms with Crippen LogP contribution >= 0.6 is 22.6 Å². The maximum atomic E-state index is 14.5. The number of urea groups is 1. The number of rotatable bonds is 14. The average Bonchev–Trinajstić information content (AvgIpc) is 3.70. The van der Waals surface area contributed by atoms with Gasteiger partial charge in [0.25, 0.3) is 5.91 Å². The number of sulfone groups is 1. The van der Waals surface area contributed by atoms with Crippen LogP contribution in [0.2, 0.25) is 0 Å². The van der Waals surface area contributed by atoms with E-state index in [1.807, 2.05) is 40.7 Å². The first kappa shape index (κ1) is 40.0. The third-order valence-electron chi connectivity index (χ3n) is 10.3. The average molecular weight is 828 g/mol. The lowest BCUT2D eigenvalue weighted by molar-refractivity contribution is -0.144. The molecule has 12 nitrogen and oxygen atoms in total. The summed E-state index contributed by atoms with van der Waals surface area (Å²) in [5.74, 6) is -3.39. The molecule has 278 valence electrons. The van der Waals surface area contributed by atoms with E-state index in [1.165, 1.54) is 4.90 Å². The highest BCUT2D eigenvalue weighted by molar-refractivity contribution is 14.1. The van der Waals surface area contributed by atoms with Gasteiger partial charge in [-0.3, -0.25) is 19.2 Å². The normalized spacial score (nSPS) is 22.2. The van der Waals surface area contributed by atoms with Gasteiger partial charge in [-0.1, -0.05) is 120 Å². The quantitative estimate of drug-likeness (QED) is 0.125. The van der Waals surface area contributed by atoms with Gasteiger partial charge in [0.2, 0.25) is 17.6 Å². The number of carbonyl (C=O) groups excluding carboxylic acids is 5. The number of halogens is 1. The first-order chi connectivity index (χ1) is 23.2. The Morgan fingerprint density at radius 1 is 0.960 bits per heavy atom. The van der Waals surface area contributed by atoms with E-state index in [0.29, 0.717) is 31.2 Å². The Balaban J connectivity index is 1.55. The van der Waals surface area contributed by atoms with Crippen molar-refractivity contribution in [2.75, 3.05) is 12.3 Å². The first-order valence-corrected chi connectivity index (χ1v) is 20.6. The van der Waals surface area contributed by atoms with Gasteiger partial charge in [0.05, 0.1) is 23.1 Å². The summed E-state index contributed by atoms with van der Waals surface area (Å²) in [5.41, 5.74) is 4.23. The lowest BCUT2D eigenvalue weighted by Gasteiger charge is -2.40. The topological polar surface area (TPSA) is 185 Å². The molecule has 1 aliphatic heterocycles. The van der Waals surface area contributed by atoms with E-state index in [-0.39, 0.29) is 29.9 Å². The molecule has 0 bridgehead atoms. The van der Waals surface area contributed by atoms with Crippen LogP contribution in [-0.4, -0.2) is 82.2 Å². The van der Waals surface area contributed by atoms with E-state index >= 15 is 0 Å². The molecule has 14 heteroatoms. The van der Waals surface area contributed by atoms with E-state index in [0.717, 1.165) is 32.1 Å². The van der Waals surface area contributed by atoms with Crippen molar-refractivity contribution in [2.45, 2.75) is 125 Å². The van der Waals surface area contributed by atoms with Crippen molar-refractivity contribution in [3.05, 3.63) is 35.9 Å². The summed E-state index contributed by atoms with van der Waals surface area (Å²) in [4.78, 5) is 68.4. The minimum Gasteiger partial charge on any atom is -0.363 e. The Labute approximate surface area is 310 Å². The maximum Gasteiger partial charge on any atom is 0.315 e. The van der Waals surface area contributed by atoms with Crippen LogP contribution < -0.4 is 21.7 Å². The fourth-order valence-electron chi connectivity index (χ4n) is 7.49. The molecule has 2 aliphatic carbocycles. The molecule has 1 saturated heterocycles. The number of alkyl halides is 1. The van der Waals surface area contributed by atoms with Crippen LogP contribution in [0, 0.1) is 17.3 Å². The highest BCUT2D eigenvalue weighted by Gasteiger charge is 2.51. The third kappa shape index (κ3) is 10.6. The largest absolute Gasteiger partial charge is 0.363 e. The summed E-state index contributed by atoms with van der Waals surface area (Å²) < 4.78 is 26.4. The molecular weight excluding hydrogens is 773 g/mol. The fraction of sp³-hybridized carbons (Fsp3) is 0.694. The molecule has 4 rings (SSSR count). The maximum absolute atomic E-state index is 14.5. The monoisotopic (exact) mass is 827 g/mol. The second kappa shape index (κ2) is 15.9. The summed E-state index contributed by atoms with van der Waals surface area (Å²) in [6.45, 7) is 9.66. The van der Waals surface area contributed by atoms with E-state index in [1.54, 1.807) is 24.3 Å². The van der Waals surface area contributed by atoms with Crippen molar-refractivity contribution in [1.82, 2.24) is 20.9 Å². The van der Waals surface area contributed by atoms with Crippen LogP contribution in [0.15, 0.2) is 30.3 Å². The molecule has 0 spiro atoms. The van der Waals surface area contributed by atoms with Gasteiger partial charge in [0, 0.05) is 15.9 Å². The van der Waals surface area contributed by atoms with E-state index in [4.69, 9.17) is 5.73 Å². The molecule has 1 heterocycles. The van der Waals surface area contributed by atoms with Crippen molar-refractivity contribution in [2.24, 2.45) is 23.0 Å². The molecule has 0 aromatic heterocycles. The minimum absolute atomic E-state index is 0.138. The van der Waals surface area contributed by atoms with Gasteiger partial charge in [-0.15, -0.1) is 0 Å². The first-order valence-electron chi connectivity index (χ1n) is 17.7. The van der Waals surface area contributed by atoms with Gasteiger partial charge in [-0.05, 0) is 42.6 Å². The van der Waals surface area contributed by atoms with Crippen LogP contribution in [0.1, 0.15) is 98.0 Å². The molecule has 50 heavy (non-hydrogen) atoms. The Bertz CT molecular complexity index is 1530. The van der Waals surface area contributed by atoms with Crippen molar-refractivity contribution in [3.63, 3.8) is 0 Å². The number of hydrogen-bond acceptors (Lipinski definition) is 7. The molecule has 1 aromatic carbocycles. The van der Waals surface area contributed by atoms with E-state index in [9.17, 15) is 32.4 Å². The van der Waals surface area contributed by atoms with Crippen molar-refractivity contribution >= 4 is 62.0 Å². The number of likely N-dealkylation sites (tertiary alicyclic amines) is 1. The Hall–Kier alpha value is -2.75. The van der Waals surface area contributed by atoms with Gasteiger partial charge in [0.1, 0.15) is 12.1 Å². The summed E-state index contributed by atoms with van der Waals surface area (Å²) >= 11 is 2.26. The third-order valence-corrected chi connectivity index (χ3v) is 12.8. The van der Waals surface area contributed by atoms with E-state index < -0.39 is 71.9 Å². The van der Waals surface area contributed by atoms with Crippen molar-refractivity contribution in [3.8, 4) is 0 Å². The van der Waals surface area contributed by atoms with Crippen molar-refractivity contribution in [1.29, 1.82) is 0 Å². The highest BCUT2D eigenvalue weighted by Crippen LogP contribution is 2.41. The zero-order valence-electron chi connectivity index (χ0n) is 29.9. The van der Waals surface area contributed by atoms with Gasteiger partial charge in [0.15, 0.2) is 9.84 Å². The molecule has 1 aromatic rings. The summed E-state index contributed by atoms with van der Waals surface area (Å²) in [6.07, 6.45) is 6.08. The molecule has 5 N–H and O–H groups in total. The molecule has 3 unspecified atom stereocenters. The molecular formula is C36H54IN5O7S. The Morgan fingerprint density at radius 2 is 1.58 bits per heavy atom. The van der Waals surface area contributed by atoms with Gasteiger partial charge in [-0.25, -0.2) is 13.2 Å². The van der Waals surface area contributed by atoms with Crippen LogP contribution in [-0.2, 0) is 34.8 Å². The summed E-state index contributed by atoms with van der Waals surface area (Å²) in [7, 11) is -3.60. The lowest BCUT2D eigenvalue weighted by atomic mass is 9.83. The summed E-state index contributed by atoms with van der Waals surface area (Å²) in [5, 5.41) is 8.65. The number of benzene rings is 1. The van der Waals surface area contributed by atoms with Crippen LogP contribution in [0.5, 0.6) is 0 Å². The van der Waals surface area contributed by atoms with Crippen LogP contribution in [0.3, 0.4) is 0 Å².